The summed E-state index contributed by atoms with van der Waals surface area (Å²) in [6, 6.07) is 22.7. The topological polar surface area (TPSA) is 131 Å². The highest BCUT2D eigenvalue weighted by Crippen LogP contribution is 2.14. The van der Waals surface area contributed by atoms with E-state index in [1.165, 1.54) is 4.80 Å². The number of nitrogens with zero attached hydrogens (tertiary/aromatic N) is 4. The lowest BCUT2D eigenvalue weighted by Crippen LogP contribution is -2.46. The lowest BCUT2D eigenvalue weighted by atomic mass is 10.1. The molecule has 0 aliphatic carbocycles. The highest BCUT2D eigenvalue weighted by molar-refractivity contribution is 6.33. The molecule has 4 aromatic rings. The molecule has 1 heterocycles. The van der Waals surface area contributed by atoms with E-state index in [1.807, 2.05) is 30.3 Å². The molecule has 1 aromatic heterocycles. The third kappa shape index (κ3) is 6.27. The van der Waals surface area contributed by atoms with Crippen molar-refractivity contribution in [2.45, 2.75) is 6.54 Å². The molecule has 0 saturated carbocycles. The molecule has 0 saturated heterocycles. The Morgan fingerprint density at radius 3 is 2.29 bits per heavy atom. The second kappa shape index (κ2) is 11.0. The maximum Gasteiger partial charge on any atom is 0.269 e. The Morgan fingerprint density at radius 1 is 0.829 bits per heavy atom. The average Bonchev–Trinajstić information content (AvgIpc) is 3.35. The number of nitrogens with one attached hydrogen (secondary N) is 3. The minimum Gasteiger partial charge on any atom is -0.343 e. The van der Waals surface area contributed by atoms with Gasteiger partial charge < -0.3 is 5.32 Å². The van der Waals surface area contributed by atoms with Crippen molar-refractivity contribution < 1.29 is 14.4 Å². The van der Waals surface area contributed by atoms with Crippen molar-refractivity contribution in [2.75, 3.05) is 6.54 Å². The van der Waals surface area contributed by atoms with Crippen LogP contribution in [0.3, 0.4) is 0 Å². The van der Waals surface area contributed by atoms with Crippen LogP contribution in [0.1, 0.15) is 26.3 Å². The predicted octanol–water partition coefficient (Wildman–Crippen LogP) is 2.23. The zero-order valence-electron chi connectivity index (χ0n) is 18.3. The Hall–Kier alpha value is -4.57. The molecule has 35 heavy (non-hydrogen) atoms. The summed E-state index contributed by atoms with van der Waals surface area (Å²) in [5.74, 6) is -1.07. The Morgan fingerprint density at radius 2 is 1.54 bits per heavy atom. The SMILES string of the molecule is O=C(CNC(=O)c1ccccc1Cl)NNC(=O)c1ccc(Cn2nnc(-c3ccccc3)n2)cc1. The van der Waals surface area contributed by atoms with Gasteiger partial charge in [0.15, 0.2) is 0 Å². The van der Waals surface area contributed by atoms with E-state index in [2.05, 4.69) is 31.6 Å². The summed E-state index contributed by atoms with van der Waals surface area (Å²) >= 11 is 5.96. The second-order valence-electron chi connectivity index (χ2n) is 7.37. The molecule has 3 amide bonds. The smallest absolute Gasteiger partial charge is 0.269 e. The van der Waals surface area contributed by atoms with Crippen molar-refractivity contribution in [3.05, 3.63) is 101 Å². The molecule has 0 aliphatic heterocycles. The molecule has 0 spiro atoms. The number of hydrazine groups is 1. The first-order valence-corrected chi connectivity index (χ1v) is 10.9. The molecule has 0 fully saturated rings. The van der Waals surface area contributed by atoms with Gasteiger partial charge in [0.1, 0.15) is 0 Å². The number of hydrogen-bond donors (Lipinski definition) is 3. The quantitative estimate of drug-likeness (QED) is 0.341. The van der Waals surface area contributed by atoms with Gasteiger partial charge in [0, 0.05) is 11.1 Å². The summed E-state index contributed by atoms with van der Waals surface area (Å²) in [5, 5.41) is 15.2. The third-order valence-electron chi connectivity index (χ3n) is 4.87. The number of hydrogen-bond acceptors (Lipinski definition) is 6. The van der Waals surface area contributed by atoms with Gasteiger partial charge >= 0.3 is 0 Å². The first-order chi connectivity index (χ1) is 17.0. The van der Waals surface area contributed by atoms with Gasteiger partial charge in [0.25, 0.3) is 17.7 Å². The van der Waals surface area contributed by atoms with E-state index in [1.54, 1.807) is 48.5 Å². The number of halogens is 1. The van der Waals surface area contributed by atoms with Crippen molar-refractivity contribution in [1.82, 2.24) is 36.4 Å². The van der Waals surface area contributed by atoms with Crippen LogP contribution < -0.4 is 16.2 Å². The molecule has 0 aliphatic rings. The average molecular weight is 490 g/mol. The first-order valence-electron chi connectivity index (χ1n) is 10.5. The summed E-state index contributed by atoms with van der Waals surface area (Å²) < 4.78 is 0. The van der Waals surface area contributed by atoms with Gasteiger partial charge in [-0.3, -0.25) is 25.2 Å². The van der Waals surface area contributed by atoms with Crippen LogP contribution in [0.4, 0.5) is 0 Å². The zero-order chi connectivity index (χ0) is 24.6. The minimum absolute atomic E-state index is 0.253. The van der Waals surface area contributed by atoms with Crippen molar-refractivity contribution in [3.63, 3.8) is 0 Å². The van der Waals surface area contributed by atoms with Gasteiger partial charge in [0.05, 0.1) is 23.7 Å². The fraction of sp³-hybridized carbons (Fsp3) is 0.0833. The molecule has 176 valence electrons. The van der Waals surface area contributed by atoms with Crippen LogP contribution in [-0.2, 0) is 11.3 Å². The largest absolute Gasteiger partial charge is 0.343 e. The molecule has 0 unspecified atom stereocenters. The third-order valence-corrected chi connectivity index (χ3v) is 5.20. The molecule has 0 atom stereocenters. The van der Waals surface area contributed by atoms with Crippen molar-refractivity contribution in [2.24, 2.45) is 0 Å². The molecular weight excluding hydrogens is 470 g/mol. The zero-order valence-corrected chi connectivity index (χ0v) is 19.1. The van der Waals surface area contributed by atoms with Crippen molar-refractivity contribution in [1.29, 1.82) is 0 Å². The minimum atomic E-state index is -0.596. The lowest BCUT2D eigenvalue weighted by molar-refractivity contribution is -0.120. The Balaban J connectivity index is 1.24. The Bertz CT molecular complexity index is 1340. The predicted molar refractivity (Wildman–Crippen MR) is 128 cm³/mol. The summed E-state index contributed by atoms with van der Waals surface area (Å²) in [5.41, 5.74) is 6.89. The molecule has 10 nitrogen and oxygen atoms in total. The summed E-state index contributed by atoms with van der Waals surface area (Å²) in [6.07, 6.45) is 0. The van der Waals surface area contributed by atoms with E-state index in [0.717, 1.165) is 11.1 Å². The van der Waals surface area contributed by atoms with E-state index >= 15 is 0 Å². The number of aromatic nitrogens is 4. The maximum absolute atomic E-state index is 12.3. The number of carbonyl (C=O) groups excluding carboxylic acids is 3. The first kappa shape index (κ1) is 23.6. The van der Waals surface area contributed by atoms with E-state index in [9.17, 15) is 14.4 Å². The van der Waals surface area contributed by atoms with Gasteiger partial charge in [0.2, 0.25) is 5.82 Å². The maximum atomic E-state index is 12.3. The Kier molecular flexibility index (Phi) is 7.44. The molecular formula is C24H20ClN7O3. The van der Waals surface area contributed by atoms with Crippen LogP contribution in [0.2, 0.25) is 5.02 Å². The van der Waals surface area contributed by atoms with Gasteiger partial charge in [-0.05, 0) is 35.0 Å². The normalized spacial score (nSPS) is 10.4. The second-order valence-corrected chi connectivity index (χ2v) is 7.78. The molecule has 11 heteroatoms. The van der Waals surface area contributed by atoms with Gasteiger partial charge in [-0.1, -0.05) is 66.2 Å². The number of rotatable bonds is 7. The van der Waals surface area contributed by atoms with Crippen molar-refractivity contribution >= 4 is 29.3 Å². The molecule has 4 rings (SSSR count). The van der Waals surface area contributed by atoms with Crippen molar-refractivity contribution in [3.8, 4) is 11.4 Å². The van der Waals surface area contributed by atoms with E-state index < -0.39 is 17.7 Å². The van der Waals surface area contributed by atoms with Crippen LogP contribution in [0.25, 0.3) is 11.4 Å². The Labute approximate surface area is 205 Å². The molecule has 3 N–H and O–H groups in total. The van der Waals surface area contributed by atoms with Gasteiger partial charge in [-0.2, -0.15) is 4.80 Å². The number of carbonyl (C=O) groups is 3. The van der Waals surface area contributed by atoms with Crippen LogP contribution in [-0.4, -0.2) is 44.5 Å². The monoisotopic (exact) mass is 489 g/mol. The standard InChI is InChI=1S/C24H20ClN7O3/c25-20-9-5-4-8-19(20)24(35)26-14-21(33)27-29-23(34)18-12-10-16(11-13-18)15-32-30-22(28-31-32)17-6-2-1-3-7-17/h1-13H,14-15H2,(H,26,35)(H,27,33)(H,29,34). The fourth-order valence-corrected chi connectivity index (χ4v) is 3.30. The summed E-state index contributed by atoms with van der Waals surface area (Å²) in [6.45, 7) is 0.0444. The molecule has 3 aromatic carbocycles. The van der Waals surface area contributed by atoms with Crippen LogP contribution in [0.15, 0.2) is 78.9 Å². The number of amides is 3. The fourth-order valence-electron chi connectivity index (χ4n) is 3.08. The van der Waals surface area contributed by atoms with E-state index in [0.29, 0.717) is 17.9 Å². The summed E-state index contributed by atoms with van der Waals surface area (Å²) in [4.78, 5) is 37.8. The lowest BCUT2D eigenvalue weighted by Gasteiger charge is -2.09. The van der Waals surface area contributed by atoms with Gasteiger partial charge in [-0.15, -0.1) is 10.2 Å². The van der Waals surface area contributed by atoms with E-state index in [-0.39, 0.29) is 17.1 Å². The molecule has 0 bridgehead atoms. The van der Waals surface area contributed by atoms with Crippen LogP contribution in [0, 0.1) is 0 Å². The summed E-state index contributed by atoms with van der Waals surface area (Å²) in [7, 11) is 0. The highest BCUT2D eigenvalue weighted by atomic mass is 35.5. The van der Waals surface area contributed by atoms with Crippen LogP contribution >= 0.6 is 11.6 Å². The number of tetrazole rings is 1. The molecule has 0 radical (unpaired) electrons. The number of benzene rings is 3. The van der Waals surface area contributed by atoms with Crippen LogP contribution in [0.5, 0.6) is 0 Å². The highest BCUT2D eigenvalue weighted by Gasteiger charge is 2.12. The van der Waals surface area contributed by atoms with Gasteiger partial charge in [-0.25, -0.2) is 0 Å². The van der Waals surface area contributed by atoms with E-state index in [4.69, 9.17) is 11.6 Å².